The van der Waals surface area contributed by atoms with Crippen LogP contribution >= 0.6 is 0 Å². The van der Waals surface area contributed by atoms with Gasteiger partial charge < -0.3 is 10.1 Å². The van der Waals surface area contributed by atoms with Gasteiger partial charge in [-0.15, -0.1) is 0 Å². The van der Waals surface area contributed by atoms with Gasteiger partial charge in [0.05, 0.1) is 0 Å². The molecule has 2 heteroatoms. The molecule has 0 radical (unpaired) electrons. The monoisotopic (exact) mass is 235 g/mol. The molecule has 0 aromatic heterocycles. The molecule has 0 saturated heterocycles. The van der Waals surface area contributed by atoms with Gasteiger partial charge in [0.25, 0.3) is 0 Å². The number of aryl methyl sites for hydroxylation is 1. The molecule has 0 spiro atoms. The van der Waals surface area contributed by atoms with E-state index in [0.29, 0.717) is 5.92 Å². The third-order valence-corrected chi connectivity index (χ3v) is 2.63. The summed E-state index contributed by atoms with van der Waals surface area (Å²) in [5.41, 5.74) is 1.32. The zero-order valence-corrected chi connectivity index (χ0v) is 11.5. The van der Waals surface area contributed by atoms with Crippen LogP contribution in [0, 0.1) is 5.92 Å². The van der Waals surface area contributed by atoms with E-state index in [9.17, 15) is 0 Å². The Morgan fingerprint density at radius 2 is 1.94 bits per heavy atom. The molecule has 1 N–H and O–H groups in total. The maximum atomic E-state index is 5.88. The standard InChI is InChI=1S/C15H25NO/c1-5-14-7-6-8-15(9-14)17-13(4)11-16-10-12(2)3/h6-9,12-13,16H,5,10-11H2,1-4H3. The molecule has 0 fully saturated rings. The van der Waals surface area contributed by atoms with Crippen LogP contribution in [0.3, 0.4) is 0 Å². The number of rotatable bonds is 7. The Hall–Kier alpha value is -1.02. The number of hydrogen-bond donors (Lipinski definition) is 1. The van der Waals surface area contributed by atoms with Crippen molar-refractivity contribution in [2.24, 2.45) is 5.92 Å². The van der Waals surface area contributed by atoms with Crippen LogP contribution in [0.15, 0.2) is 24.3 Å². The second kappa shape index (κ2) is 7.33. The van der Waals surface area contributed by atoms with E-state index in [1.54, 1.807) is 0 Å². The molecule has 0 bridgehead atoms. The molecule has 1 aromatic carbocycles. The lowest BCUT2D eigenvalue weighted by Crippen LogP contribution is -2.31. The minimum atomic E-state index is 0.209. The lowest BCUT2D eigenvalue weighted by atomic mass is 10.2. The van der Waals surface area contributed by atoms with Crippen LogP contribution in [-0.4, -0.2) is 19.2 Å². The molecule has 0 aliphatic carbocycles. The van der Waals surface area contributed by atoms with Crippen LogP contribution in [0.5, 0.6) is 5.75 Å². The molecule has 96 valence electrons. The molecule has 1 unspecified atom stereocenters. The fourth-order valence-corrected chi connectivity index (χ4v) is 1.69. The third kappa shape index (κ3) is 5.73. The lowest BCUT2D eigenvalue weighted by Gasteiger charge is -2.16. The highest BCUT2D eigenvalue weighted by molar-refractivity contribution is 5.28. The maximum Gasteiger partial charge on any atom is 0.120 e. The van der Waals surface area contributed by atoms with Gasteiger partial charge in [-0.25, -0.2) is 0 Å². The average Bonchev–Trinajstić information content (AvgIpc) is 2.28. The first-order chi connectivity index (χ1) is 8.11. The highest BCUT2D eigenvalue weighted by atomic mass is 16.5. The Bertz CT molecular complexity index is 322. The minimum absolute atomic E-state index is 0.209. The molecule has 0 heterocycles. The van der Waals surface area contributed by atoms with Gasteiger partial charge >= 0.3 is 0 Å². The Kier molecular flexibility index (Phi) is 6.06. The zero-order chi connectivity index (χ0) is 12.7. The quantitative estimate of drug-likeness (QED) is 0.783. The van der Waals surface area contributed by atoms with Crippen LogP contribution in [-0.2, 0) is 6.42 Å². The van der Waals surface area contributed by atoms with E-state index in [-0.39, 0.29) is 6.10 Å². The first kappa shape index (κ1) is 14.0. The van der Waals surface area contributed by atoms with Crippen molar-refractivity contribution in [3.63, 3.8) is 0 Å². The summed E-state index contributed by atoms with van der Waals surface area (Å²) in [6.45, 7) is 10.6. The number of hydrogen-bond acceptors (Lipinski definition) is 2. The molecular weight excluding hydrogens is 210 g/mol. The summed E-state index contributed by atoms with van der Waals surface area (Å²) in [5, 5.41) is 3.41. The number of nitrogens with one attached hydrogen (secondary N) is 1. The summed E-state index contributed by atoms with van der Waals surface area (Å²) in [6.07, 6.45) is 1.26. The molecule has 0 saturated carbocycles. The Morgan fingerprint density at radius 1 is 1.18 bits per heavy atom. The van der Waals surface area contributed by atoms with Crippen LogP contribution in [0.4, 0.5) is 0 Å². The predicted octanol–water partition coefficient (Wildman–Crippen LogP) is 3.26. The van der Waals surface area contributed by atoms with Gasteiger partial charge in [-0.05, 0) is 43.5 Å². The van der Waals surface area contributed by atoms with Crippen molar-refractivity contribution >= 4 is 0 Å². The number of ether oxygens (including phenoxy) is 1. The summed E-state index contributed by atoms with van der Waals surface area (Å²) in [4.78, 5) is 0. The topological polar surface area (TPSA) is 21.3 Å². The maximum absolute atomic E-state index is 5.88. The van der Waals surface area contributed by atoms with Crippen LogP contribution in [0.2, 0.25) is 0 Å². The van der Waals surface area contributed by atoms with E-state index in [1.807, 2.05) is 6.07 Å². The number of benzene rings is 1. The highest BCUT2D eigenvalue weighted by Crippen LogP contribution is 2.15. The van der Waals surface area contributed by atoms with Crippen LogP contribution < -0.4 is 10.1 Å². The van der Waals surface area contributed by atoms with Gasteiger partial charge in [0.1, 0.15) is 11.9 Å². The van der Waals surface area contributed by atoms with Crippen molar-refractivity contribution in [1.29, 1.82) is 0 Å². The smallest absolute Gasteiger partial charge is 0.120 e. The summed E-state index contributed by atoms with van der Waals surface area (Å²) < 4.78 is 5.88. The first-order valence-electron chi connectivity index (χ1n) is 6.58. The fraction of sp³-hybridized carbons (Fsp3) is 0.600. The molecule has 17 heavy (non-hydrogen) atoms. The van der Waals surface area contributed by atoms with E-state index < -0.39 is 0 Å². The predicted molar refractivity (Wildman–Crippen MR) is 73.6 cm³/mol. The van der Waals surface area contributed by atoms with Gasteiger partial charge in [0.15, 0.2) is 0 Å². The highest BCUT2D eigenvalue weighted by Gasteiger charge is 2.04. The minimum Gasteiger partial charge on any atom is -0.489 e. The van der Waals surface area contributed by atoms with E-state index in [1.165, 1.54) is 5.56 Å². The molecule has 2 nitrogen and oxygen atoms in total. The van der Waals surface area contributed by atoms with E-state index >= 15 is 0 Å². The van der Waals surface area contributed by atoms with Gasteiger partial charge in [0.2, 0.25) is 0 Å². The van der Waals surface area contributed by atoms with Crippen molar-refractivity contribution in [3.05, 3.63) is 29.8 Å². The molecule has 1 aromatic rings. The van der Waals surface area contributed by atoms with Crippen molar-refractivity contribution in [2.45, 2.75) is 40.2 Å². The first-order valence-corrected chi connectivity index (χ1v) is 6.58. The SMILES string of the molecule is CCc1cccc(OC(C)CNCC(C)C)c1. The molecule has 0 aliphatic rings. The molecular formula is C15H25NO. The molecule has 1 rings (SSSR count). The lowest BCUT2D eigenvalue weighted by molar-refractivity contribution is 0.215. The van der Waals surface area contributed by atoms with Gasteiger partial charge in [-0.1, -0.05) is 32.9 Å². The van der Waals surface area contributed by atoms with E-state index in [2.05, 4.69) is 51.2 Å². The molecule has 0 aliphatic heterocycles. The largest absolute Gasteiger partial charge is 0.489 e. The second-order valence-corrected chi connectivity index (χ2v) is 4.98. The van der Waals surface area contributed by atoms with E-state index in [4.69, 9.17) is 4.74 Å². The third-order valence-electron chi connectivity index (χ3n) is 2.63. The van der Waals surface area contributed by atoms with Crippen LogP contribution in [0.25, 0.3) is 0 Å². The van der Waals surface area contributed by atoms with Crippen molar-refractivity contribution in [1.82, 2.24) is 5.32 Å². The average molecular weight is 235 g/mol. The normalized spacial score (nSPS) is 12.8. The molecule has 1 atom stereocenters. The van der Waals surface area contributed by atoms with Crippen molar-refractivity contribution in [2.75, 3.05) is 13.1 Å². The van der Waals surface area contributed by atoms with Crippen LogP contribution in [0.1, 0.15) is 33.3 Å². The second-order valence-electron chi connectivity index (χ2n) is 4.98. The van der Waals surface area contributed by atoms with Gasteiger partial charge in [0, 0.05) is 6.54 Å². The summed E-state index contributed by atoms with van der Waals surface area (Å²) in [5.74, 6) is 1.66. The Labute approximate surface area is 105 Å². The Morgan fingerprint density at radius 3 is 2.59 bits per heavy atom. The zero-order valence-electron chi connectivity index (χ0n) is 11.5. The summed E-state index contributed by atoms with van der Waals surface area (Å²) >= 11 is 0. The van der Waals surface area contributed by atoms with Gasteiger partial charge in [-0.3, -0.25) is 0 Å². The Balaban J connectivity index is 2.36. The van der Waals surface area contributed by atoms with Crippen molar-refractivity contribution < 1.29 is 4.74 Å². The fourth-order valence-electron chi connectivity index (χ4n) is 1.69. The van der Waals surface area contributed by atoms with E-state index in [0.717, 1.165) is 25.3 Å². The molecule has 0 amide bonds. The van der Waals surface area contributed by atoms with Gasteiger partial charge in [-0.2, -0.15) is 0 Å². The summed E-state index contributed by atoms with van der Waals surface area (Å²) in [7, 11) is 0. The van der Waals surface area contributed by atoms with Crippen molar-refractivity contribution in [3.8, 4) is 5.75 Å². The summed E-state index contributed by atoms with van der Waals surface area (Å²) in [6, 6.07) is 8.34.